The number of Topliss-reactive ketones (excluding diaryl/α,β-unsaturated/α-hetero) is 1. The fraction of sp³-hybridized carbons (Fsp3) is 0.185. The van der Waals surface area contributed by atoms with E-state index in [0.29, 0.717) is 32.2 Å². The molecule has 0 saturated carbocycles. The predicted octanol–water partition coefficient (Wildman–Crippen LogP) is 6.63. The fourth-order valence-electron chi connectivity index (χ4n) is 4.15. The number of amides is 1. The van der Waals surface area contributed by atoms with Gasteiger partial charge in [-0.05, 0) is 56.2 Å². The molecule has 0 spiro atoms. The summed E-state index contributed by atoms with van der Waals surface area (Å²) in [5.41, 5.74) is 3.08. The van der Waals surface area contributed by atoms with Gasteiger partial charge in [0.2, 0.25) is 5.13 Å². The molecule has 0 radical (unpaired) electrons. The van der Waals surface area contributed by atoms with Gasteiger partial charge in [0.25, 0.3) is 5.78 Å². The normalized spacial score (nSPS) is 17.1. The molecule has 37 heavy (non-hydrogen) atoms. The van der Waals surface area contributed by atoms with Crippen LogP contribution in [0.4, 0.5) is 5.13 Å². The van der Waals surface area contributed by atoms with Crippen molar-refractivity contribution in [2.75, 3.05) is 4.90 Å². The van der Waals surface area contributed by atoms with Gasteiger partial charge in [0.1, 0.15) is 23.3 Å². The van der Waals surface area contributed by atoms with Crippen molar-refractivity contribution in [1.29, 1.82) is 0 Å². The number of rotatable bonds is 6. The summed E-state index contributed by atoms with van der Waals surface area (Å²) in [5.74, 6) is -0.327. The molecule has 1 unspecified atom stereocenters. The highest BCUT2D eigenvalue weighted by Gasteiger charge is 2.50. The van der Waals surface area contributed by atoms with E-state index in [1.165, 1.54) is 28.0 Å². The van der Waals surface area contributed by atoms with E-state index in [9.17, 15) is 14.7 Å². The second-order valence-corrected chi connectivity index (χ2v) is 11.3. The average molecular weight is 552 g/mol. The molecule has 1 aliphatic heterocycles. The molecule has 0 bridgehead atoms. The fourth-order valence-corrected chi connectivity index (χ4v) is 6.30. The third-order valence-electron chi connectivity index (χ3n) is 6.03. The van der Waals surface area contributed by atoms with Gasteiger partial charge in [-0.25, -0.2) is 0 Å². The minimum Gasteiger partial charge on any atom is -0.507 e. The molecule has 1 saturated heterocycles. The van der Waals surface area contributed by atoms with Crippen molar-refractivity contribution in [1.82, 2.24) is 10.2 Å². The number of anilines is 1. The zero-order valence-corrected chi connectivity index (χ0v) is 22.6. The number of carbonyl (C=O) groups is 2. The molecule has 7 nitrogen and oxygen atoms in total. The Labute approximate surface area is 226 Å². The van der Waals surface area contributed by atoms with Crippen molar-refractivity contribution in [2.24, 2.45) is 0 Å². The summed E-state index contributed by atoms with van der Waals surface area (Å²) >= 11 is 8.88. The third kappa shape index (κ3) is 4.82. The lowest BCUT2D eigenvalue weighted by molar-refractivity contribution is -0.132. The van der Waals surface area contributed by atoms with Crippen LogP contribution in [-0.4, -0.2) is 27.0 Å². The first-order valence-corrected chi connectivity index (χ1v) is 13.6. The van der Waals surface area contributed by atoms with Crippen molar-refractivity contribution in [3.8, 4) is 0 Å². The molecule has 5 rings (SSSR count). The second kappa shape index (κ2) is 10.2. The number of carbonyl (C=O) groups excluding carboxylic acids is 2. The van der Waals surface area contributed by atoms with Crippen LogP contribution in [0.25, 0.3) is 5.76 Å². The number of thioether (sulfide) groups is 1. The van der Waals surface area contributed by atoms with E-state index in [1.54, 1.807) is 25.1 Å². The van der Waals surface area contributed by atoms with Crippen LogP contribution in [0, 0.1) is 20.8 Å². The Morgan fingerprint density at radius 2 is 1.89 bits per heavy atom. The minimum atomic E-state index is -0.983. The lowest BCUT2D eigenvalue weighted by Gasteiger charge is -2.20. The van der Waals surface area contributed by atoms with Crippen LogP contribution in [0.15, 0.2) is 68.9 Å². The van der Waals surface area contributed by atoms with Crippen molar-refractivity contribution in [3.05, 3.63) is 99.0 Å². The number of halogens is 1. The van der Waals surface area contributed by atoms with E-state index in [1.807, 2.05) is 50.2 Å². The number of aliphatic hydroxyl groups excluding tert-OH is 1. The van der Waals surface area contributed by atoms with Gasteiger partial charge in [-0.15, -0.1) is 10.2 Å². The quantitative estimate of drug-likeness (QED) is 0.0944. The number of benzene rings is 2. The number of nitrogens with zero attached hydrogens (tertiary/aromatic N) is 3. The Balaban J connectivity index is 1.55. The highest BCUT2D eigenvalue weighted by atomic mass is 35.5. The maximum Gasteiger partial charge on any atom is 0.302 e. The van der Waals surface area contributed by atoms with Crippen LogP contribution in [0.2, 0.25) is 5.02 Å². The Hall–Kier alpha value is -3.40. The van der Waals surface area contributed by atoms with Gasteiger partial charge in [0.05, 0.1) is 5.57 Å². The van der Waals surface area contributed by atoms with E-state index < -0.39 is 17.7 Å². The van der Waals surface area contributed by atoms with Crippen LogP contribution in [0.5, 0.6) is 0 Å². The van der Waals surface area contributed by atoms with E-state index in [-0.39, 0.29) is 16.5 Å². The smallest absolute Gasteiger partial charge is 0.302 e. The lowest BCUT2D eigenvalue weighted by atomic mass is 9.96. The molecule has 10 heteroatoms. The summed E-state index contributed by atoms with van der Waals surface area (Å²) in [7, 11) is 0. The average Bonchev–Trinajstić information content (AvgIpc) is 3.58. The van der Waals surface area contributed by atoms with E-state index >= 15 is 0 Å². The van der Waals surface area contributed by atoms with Gasteiger partial charge in [-0.1, -0.05) is 70.6 Å². The molecule has 2 aromatic carbocycles. The Bertz CT molecular complexity index is 1560. The first-order chi connectivity index (χ1) is 17.7. The Kier molecular flexibility index (Phi) is 6.94. The third-order valence-corrected chi connectivity index (χ3v) is 8.51. The highest BCUT2D eigenvalue weighted by Crippen LogP contribution is 2.44. The molecule has 0 aliphatic carbocycles. The lowest BCUT2D eigenvalue weighted by Crippen LogP contribution is -2.29. The number of hydrogen-bond acceptors (Lipinski definition) is 8. The standard InChI is InChI=1S/C27H22ClN3O4S2/c1-14-8-9-15(2)18(12-14)23(32)21-22(20-11-10-16(3)35-20)31(25(34)24(21)33)26-29-30-27(37-26)36-13-17-6-4-5-7-19(17)28/h4-12,22,32H,13H2,1-3H3. The van der Waals surface area contributed by atoms with Crippen LogP contribution in [-0.2, 0) is 15.3 Å². The largest absolute Gasteiger partial charge is 0.507 e. The van der Waals surface area contributed by atoms with Crippen LogP contribution in [0.1, 0.15) is 39.8 Å². The van der Waals surface area contributed by atoms with Crippen LogP contribution >= 0.6 is 34.7 Å². The summed E-state index contributed by atoms with van der Waals surface area (Å²) in [6.07, 6.45) is 0. The summed E-state index contributed by atoms with van der Waals surface area (Å²) in [6.45, 7) is 5.50. The molecule has 1 amide bonds. The number of aryl methyl sites for hydroxylation is 3. The molecule has 188 valence electrons. The van der Waals surface area contributed by atoms with Gasteiger partial charge in [-0.3, -0.25) is 14.5 Å². The van der Waals surface area contributed by atoms with Gasteiger partial charge >= 0.3 is 5.91 Å². The number of furan rings is 1. The van der Waals surface area contributed by atoms with Crippen LogP contribution in [0.3, 0.4) is 0 Å². The zero-order chi connectivity index (χ0) is 26.3. The number of hydrogen-bond donors (Lipinski definition) is 1. The summed E-state index contributed by atoms with van der Waals surface area (Å²) in [4.78, 5) is 27.9. The summed E-state index contributed by atoms with van der Waals surface area (Å²) in [5, 5.41) is 20.7. The maximum atomic E-state index is 13.3. The molecule has 1 fully saturated rings. The summed E-state index contributed by atoms with van der Waals surface area (Å²) < 4.78 is 6.47. The minimum absolute atomic E-state index is 0.0477. The van der Waals surface area contributed by atoms with E-state index in [2.05, 4.69) is 10.2 Å². The molecule has 1 N–H and O–H groups in total. The van der Waals surface area contributed by atoms with Crippen molar-refractivity contribution in [2.45, 2.75) is 36.9 Å². The first kappa shape index (κ1) is 25.3. The zero-order valence-electron chi connectivity index (χ0n) is 20.2. The molecule has 4 aromatic rings. The molecule has 2 aromatic heterocycles. The SMILES string of the molecule is Cc1ccc(C)c(C(O)=C2C(=O)C(=O)N(c3nnc(SCc4ccccc4Cl)s3)C2c2ccc(C)o2)c1. The van der Waals surface area contributed by atoms with Gasteiger partial charge in [0, 0.05) is 16.3 Å². The van der Waals surface area contributed by atoms with Gasteiger partial charge in [-0.2, -0.15) is 0 Å². The van der Waals surface area contributed by atoms with E-state index in [4.69, 9.17) is 16.0 Å². The van der Waals surface area contributed by atoms with Crippen molar-refractivity contribution >= 4 is 57.3 Å². The van der Waals surface area contributed by atoms with Gasteiger partial charge < -0.3 is 9.52 Å². The molecule has 1 atom stereocenters. The van der Waals surface area contributed by atoms with Gasteiger partial charge in [0.15, 0.2) is 4.34 Å². The predicted molar refractivity (Wildman–Crippen MR) is 145 cm³/mol. The number of ketones is 1. The molecular formula is C27H22ClN3O4S2. The summed E-state index contributed by atoms with van der Waals surface area (Å²) in [6, 6.07) is 15.6. The first-order valence-electron chi connectivity index (χ1n) is 11.4. The Morgan fingerprint density at radius 3 is 2.62 bits per heavy atom. The van der Waals surface area contributed by atoms with Crippen molar-refractivity contribution in [3.63, 3.8) is 0 Å². The Morgan fingerprint density at radius 1 is 1.11 bits per heavy atom. The molecule has 1 aliphatic rings. The number of aromatic nitrogens is 2. The monoisotopic (exact) mass is 551 g/mol. The molecule has 3 heterocycles. The topological polar surface area (TPSA) is 96.5 Å². The number of aliphatic hydroxyl groups is 1. The molecular weight excluding hydrogens is 530 g/mol. The maximum absolute atomic E-state index is 13.3. The second-order valence-electron chi connectivity index (χ2n) is 8.67. The van der Waals surface area contributed by atoms with Crippen molar-refractivity contribution < 1.29 is 19.1 Å². The highest BCUT2D eigenvalue weighted by molar-refractivity contribution is 8.00. The van der Waals surface area contributed by atoms with E-state index in [0.717, 1.165) is 16.7 Å². The van der Waals surface area contributed by atoms with Crippen LogP contribution < -0.4 is 4.90 Å².